The molecule has 7 nitrogen and oxygen atoms in total. The molecule has 0 spiro atoms. The summed E-state index contributed by atoms with van der Waals surface area (Å²) in [6.07, 6.45) is 3.21. The van der Waals surface area contributed by atoms with Crippen LogP contribution in [0.3, 0.4) is 0 Å². The molecule has 1 aromatic rings. The van der Waals surface area contributed by atoms with Crippen LogP contribution in [0.15, 0.2) is 12.4 Å². The third-order valence-corrected chi connectivity index (χ3v) is 3.28. The minimum atomic E-state index is -0.468. The summed E-state index contributed by atoms with van der Waals surface area (Å²) in [7, 11) is 1.76. The number of nitrogens with one attached hydrogen (secondary N) is 1. The van der Waals surface area contributed by atoms with E-state index >= 15 is 0 Å². The first-order valence-corrected chi connectivity index (χ1v) is 6.61. The van der Waals surface area contributed by atoms with Gasteiger partial charge in [-0.25, -0.2) is 4.98 Å². The minimum Gasteiger partial charge on any atom is -0.372 e. The van der Waals surface area contributed by atoms with E-state index in [4.69, 9.17) is 0 Å². The van der Waals surface area contributed by atoms with Gasteiger partial charge in [-0.1, -0.05) is 0 Å². The molecule has 0 aromatic carbocycles. The Morgan fingerprint density at radius 1 is 1.20 bits per heavy atom. The van der Waals surface area contributed by atoms with Crippen LogP contribution in [-0.4, -0.2) is 57.8 Å². The van der Waals surface area contributed by atoms with Crippen molar-refractivity contribution >= 4 is 17.6 Å². The molecule has 0 bridgehead atoms. The van der Waals surface area contributed by atoms with Crippen molar-refractivity contribution in [2.45, 2.75) is 26.4 Å². The maximum absolute atomic E-state index is 12.0. The molecule has 0 aliphatic carbocycles. The highest BCUT2D eigenvalue weighted by Crippen LogP contribution is 2.12. The number of aromatic nitrogens is 2. The Morgan fingerprint density at radius 2 is 1.95 bits per heavy atom. The highest BCUT2D eigenvalue weighted by molar-refractivity contribution is 6.35. The van der Waals surface area contributed by atoms with Gasteiger partial charge in [-0.05, 0) is 13.8 Å². The van der Waals surface area contributed by atoms with Gasteiger partial charge in [0.2, 0.25) is 0 Å². The normalized spacial score (nSPS) is 16.0. The van der Waals surface area contributed by atoms with E-state index in [1.807, 2.05) is 13.8 Å². The number of carbonyl (C=O) groups excluding carboxylic acids is 2. The van der Waals surface area contributed by atoms with Crippen LogP contribution in [0.2, 0.25) is 0 Å². The third kappa shape index (κ3) is 2.87. The summed E-state index contributed by atoms with van der Waals surface area (Å²) in [4.78, 5) is 35.5. The zero-order valence-corrected chi connectivity index (χ0v) is 12.0. The van der Waals surface area contributed by atoms with Crippen LogP contribution in [0.1, 0.15) is 19.5 Å². The number of rotatable bonds is 4. The molecule has 1 aromatic heterocycles. The van der Waals surface area contributed by atoms with E-state index in [0.29, 0.717) is 31.1 Å². The van der Waals surface area contributed by atoms with Gasteiger partial charge in [0.05, 0.1) is 24.6 Å². The van der Waals surface area contributed by atoms with Crippen molar-refractivity contribution in [3.05, 3.63) is 18.1 Å². The lowest BCUT2D eigenvalue weighted by molar-refractivity contribution is -0.157. The molecule has 0 atom stereocenters. The Labute approximate surface area is 118 Å². The van der Waals surface area contributed by atoms with Crippen molar-refractivity contribution in [2.24, 2.45) is 0 Å². The Balaban J connectivity index is 2.03. The highest BCUT2D eigenvalue weighted by Gasteiger charge is 2.33. The Bertz CT molecular complexity index is 500. The lowest BCUT2D eigenvalue weighted by Gasteiger charge is -2.35. The van der Waals surface area contributed by atoms with Gasteiger partial charge in [-0.3, -0.25) is 14.6 Å². The van der Waals surface area contributed by atoms with Crippen molar-refractivity contribution in [2.75, 3.05) is 25.5 Å². The molecule has 1 saturated heterocycles. The summed E-state index contributed by atoms with van der Waals surface area (Å²) in [6, 6.07) is 0.0447. The lowest BCUT2D eigenvalue weighted by Crippen LogP contribution is -2.55. The molecular weight excluding hydrogens is 258 g/mol. The first-order valence-electron chi connectivity index (χ1n) is 6.61. The number of amides is 2. The Hall–Kier alpha value is -2.18. The van der Waals surface area contributed by atoms with Gasteiger partial charge in [-0.15, -0.1) is 0 Å². The van der Waals surface area contributed by atoms with Crippen molar-refractivity contribution < 1.29 is 9.59 Å². The Morgan fingerprint density at radius 3 is 2.50 bits per heavy atom. The summed E-state index contributed by atoms with van der Waals surface area (Å²) in [5.74, 6) is -0.240. The van der Waals surface area contributed by atoms with Crippen LogP contribution in [0, 0.1) is 0 Å². The van der Waals surface area contributed by atoms with E-state index in [0.717, 1.165) is 0 Å². The molecule has 2 heterocycles. The number of hydrogen-bond donors (Lipinski definition) is 1. The highest BCUT2D eigenvalue weighted by atomic mass is 16.2. The first-order chi connectivity index (χ1) is 9.52. The van der Waals surface area contributed by atoms with Gasteiger partial charge >= 0.3 is 11.8 Å². The van der Waals surface area contributed by atoms with E-state index in [1.165, 1.54) is 4.90 Å². The van der Waals surface area contributed by atoms with Crippen LogP contribution >= 0.6 is 0 Å². The van der Waals surface area contributed by atoms with Crippen molar-refractivity contribution in [1.82, 2.24) is 19.8 Å². The lowest BCUT2D eigenvalue weighted by atomic mass is 10.2. The fourth-order valence-electron chi connectivity index (χ4n) is 2.09. The monoisotopic (exact) mass is 277 g/mol. The molecular formula is C13H19N5O2. The standard InChI is InChI=1S/C13H19N5O2/c1-9(2)18-5-4-17(12(19)13(18)20)8-10-6-16-11(14-3)7-15-10/h6-7,9H,4-5,8H2,1-3H3,(H,14,16). The van der Waals surface area contributed by atoms with E-state index in [1.54, 1.807) is 24.3 Å². The fraction of sp³-hybridized carbons (Fsp3) is 0.538. The second kappa shape index (κ2) is 5.85. The molecule has 1 fully saturated rings. The van der Waals surface area contributed by atoms with Gasteiger partial charge in [0, 0.05) is 26.2 Å². The first kappa shape index (κ1) is 14.2. The summed E-state index contributed by atoms with van der Waals surface area (Å²) < 4.78 is 0. The van der Waals surface area contributed by atoms with Crippen LogP contribution in [-0.2, 0) is 16.1 Å². The average molecular weight is 277 g/mol. The van der Waals surface area contributed by atoms with Gasteiger partial charge in [-0.2, -0.15) is 0 Å². The molecule has 2 amide bonds. The maximum Gasteiger partial charge on any atom is 0.312 e. The topological polar surface area (TPSA) is 78.4 Å². The van der Waals surface area contributed by atoms with Gasteiger partial charge in [0.1, 0.15) is 5.82 Å². The molecule has 1 aliphatic heterocycles. The molecule has 108 valence electrons. The van der Waals surface area contributed by atoms with Gasteiger partial charge < -0.3 is 15.1 Å². The van der Waals surface area contributed by atoms with Crippen LogP contribution < -0.4 is 5.32 Å². The zero-order valence-electron chi connectivity index (χ0n) is 12.0. The van der Waals surface area contributed by atoms with Crippen molar-refractivity contribution in [3.8, 4) is 0 Å². The third-order valence-electron chi connectivity index (χ3n) is 3.28. The van der Waals surface area contributed by atoms with E-state index in [2.05, 4.69) is 15.3 Å². The number of anilines is 1. The van der Waals surface area contributed by atoms with Gasteiger partial charge in [0.15, 0.2) is 0 Å². The molecule has 0 radical (unpaired) electrons. The van der Waals surface area contributed by atoms with Crippen LogP contribution in [0.4, 0.5) is 5.82 Å². The largest absolute Gasteiger partial charge is 0.372 e. The second-order valence-electron chi connectivity index (χ2n) is 4.96. The predicted molar refractivity (Wildman–Crippen MR) is 73.8 cm³/mol. The molecule has 1 N–H and O–H groups in total. The smallest absolute Gasteiger partial charge is 0.312 e. The predicted octanol–water partition coefficient (Wildman–Crippen LogP) is 0.0975. The van der Waals surface area contributed by atoms with E-state index in [-0.39, 0.29) is 6.04 Å². The summed E-state index contributed by atoms with van der Waals surface area (Å²) >= 11 is 0. The average Bonchev–Trinajstić information content (AvgIpc) is 2.44. The van der Waals surface area contributed by atoms with Gasteiger partial charge in [0.25, 0.3) is 0 Å². The summed E-state index contributed by atoms with van der Waals surface area (Å²) in [6.45, 7) is 5.21. The fourth-order valence-corrected chi connectivity index (χ4v) is 2.09. The molecule has 1 aliphatic rings. The van der Waals surface area contributed by atoms with Crippen molar-refractivity contribution in [3.63, 3.8) is 0 Å². The Kier molecular flexibility index (Phi) is 4.16. The number of hydrogen-bond acceptors (Lipinski definition) is 5. The minimum absolute atomic E-state index is 0.0447. The summed E-state index contributed by atoms with van der Waals surface area (Å²) in [5.41, 5.74) is 0.670. The van der Waals surface area contributed by atoms with Crippen molar-refractivity contribution in [1.29, 1.82) is 0 Å². The van der Waals surface area contributed by atoms with Crippen LogP contribution in [0.5, 0.6) is 0 Å². The number of nitrogens with zero attached hydrogens (tertiary/aromatic N) is 4. The van der Waals surface area contributed by atoms with E-state index < -0.39 is 11.8 Å². The zero-order chi connectivity index (χ0) is 14.7. The van der Waals surface area contributed by atoms with E-state index in [9.17, 15) is 9.59 Å². The summed E-state index contributed by atoms with van der Waals surface area (Å²) in [5, 5.41) is 2.88. The van der Waals surface area contributed by atoms with Crippen LogP contribution in [0.25, 0.3) is 0 Å². The number of carbonyl (C=O) groups is 2. The molecule has 0 saturated carbocycles. The molecule has 2 rings (SSSR count). The molecule has 7 heteroatoms. The molecule has 20 heavy (non-hydrogen) atoms. The number of piperazine rings is 1. The molecule has 0 unspecified atom stereocenters. The maximum atomic E-state index is 12.0. The SMILES string of the molecule is CNc1cnc(CN2CCN(C(C)C)C(=O)C2=O)cn1. The second-order valence-corrected chi connectivity index (χ2v) is 4.96. The quantitative estimate of drug-likeness (QED) is 0.790.